The lowest BCUT2D eigenvalue weighted by atomic mass is 9.79. The summed E-state index contributed by atoms with van der Waals surface area (Å²) >= 11 is 0. The lowest BCUT2D eigenvalue weighted by Gasteiger charge is -2.40. The monoisotopic (exact) mass is 238 g/mol. The Kier molecular flexibility index (Phi) is 4.87. The lowest BCUT2D eigenvalue weighted by molar-refractivity contribution is 0.0935. The van der Waals surface area contributed by atoms with Crippen molar-refractivity contribution in [2.24, 2.45) is 17.8 Å². The molecule has 1 aliphatic heterocycles. The van der Waals surface area contributed by atoms with Gasteiger partial charge >= 0.3 is 0 Å². The molecule has 1 N–H and O–H groups in total. The Balaban J connectivity index is 1.82. The average Bonchev–Trinajstić information content (AvgIpc) is 2.33. The quantitative estimate of drug-likeness (QED) is 0.813. The van der Waals surface area contributed by atoms with Crippen molar-refractivity contribution in [2.75, 3.05) is 26.7 Å². The summed E-state index contributed by atoms with van der Waals surface area (Å²) in [6.45, 7) is 8.67. The van der Waals surface area contributed by atoms with Gasteiger partial charge in [0.25, 0.3) is 0 Å². The first kappa shape index (κ1) is 13.4. The van der Waals surface area contributed by atoms with E-state index in [9.17, 15) is 0 Å². The highest BCUT2D eigenvalue weighted by Gasteiger charge is 2.29. The first-order valence-corrected chi connectivity index (χ1v) is 7.57. The van der Waals surface area contributed by atoms with Crippen LogP contribution in [0.25, 0.3) is 0 Å². The van der Waals surface area contributed by atoms with Crippen molar-refractivity contribution >= 4 is 0 Å². The number of nitrogens with zero attached hydrogens (tertiary/aromatic N) is 1. The summed E-state index contributed by atoms with van der Waals surface area (Å²) in [4.78, 5) is 2.68. The molecule has 2 rings (SSSR count). The Hall–Kier alpha value is -0.0800. The number of piperidine rings is 1. The third-order valence-electron chi connectivity index (χ3n) is 4.99. The molecule has 17 heavy (non-hydrogen) atoms. The van der Waals surface area contributed by atoms with Gasteiger partial charge in [-0.15, -0.1) is 0 Å². The molecule has 1 saturated heterocycles. The predicted molar refractivity (Wildman–Crippen MR) is 74.2 cm³/mol. The molecule has 3 atom stereocenters. The number of nitrogens with one attached hydrogen (secondary N) is 1. The average molecular weight is 238 g/mol. The fourth-order valence-corrected chi connectivity index (χ4v) is 3.72. The zero-order chi connectivity index (χ0) is 12.3. The Morgan fingerprint density at radius 3 is 2.47 bits per heavy atom. The highest BCUT2D eigenvalue weighted by molar-refractivity contribution is 4.84. The summed E-state index contributed by atoms with van der Waals surface area (Å²) in [7, 11) is 2.36. The fraction of sp³-hybridized carbons (Fsp3) is 1.00. The summed E-state index contributed by atoms with van der Waals surface area (Å²) < 4.78 is 0. The van der Waals surface area contributed by atoms with Crippen molar-refractivity contribution < 1.29 is 0 Å². The van der Waals surface area contributed by atoms with Gasteiger partial charge in [0.15, 0.2) is 0 Å². The maximum atomic E-state index is 3.46. The molecule has 1 aliphatic carbocycles. The van der Waals surface area contributed by atoms with Crippen LogP contribution >= 0.6 is 0 Å². The summed E-state index contributed by atoms with van der Waals surface area (Å²) in [6, 6.07) is 0.841. The molecule has 2 aliphatic rings. The van der Waals surface area contributed by atoms with Crippen molar-refractivity contribution in [3.8, 4) is 0 Å². The van der Waals surface area contributed by atoms with Crippen LogP contribution in [0.1, 0.15) is 46.0 Å². The summed E-state index contributed by atoms with van der Waals surface area (Å²) in [5.41, 5.74) is 0. The van der Waals surface area contributed by atoms with E-state index < -0.39 is 0 Å². The Labute approximate surface area is 107 Å². The van der Waals surface area contributed by atoms with Crippen molar-refractivity contribution in [2.45, 2.75) is 52.0 Å². The van der Waals surface area contributed by atoms with Crippen LogP contribution in [0.5, 0.6) is 0 Å². The lowest BCUT2D eigenvalue weighted by Crippen LogP contribution is -2.44. The molecular weight excluding hydrogens is 208 g/mol. The van der Waals surface area contributed by atoms with Gasteiger partial charge in [-0.1, -0.05) is 20.3 Å². The Bertz CT molecular complexity index is 223. The van der Waals surface area contributed by atoms with E-state index in [1.165, 1.54) is 51.7 Å². The van der Waals surface area contributed by atoms with Gasteiger partial charge in [0, 0.05) is 12.6 Å². The van der Waals surface area contributed by atoms with Gasteiger partial charge in [-0.05, 0) is 63.6 Å². The first-order valence-electron chi connectivity index (χ1n) is 7.57. The Morgan fingerprint density at radius 2 is 1.76 bits per heavy atom. The van der Waals surface area contributed by atoms with Crippen molar-refractivity contribution in [1.82, 2.24) is 10.2 Å². The summed E-state index contributed by atoms with van der Waals surface area (Å²) in [6.07, 6.45) is 7.05. The van der Waals surface area contributed by atoms with Crippen molar-refractivity contribution in [3.05, 3.63) is 0 Å². The van der Waals surface area contributed by atoms with E-state index in [1.807, 2.05) is 0 Å². The van der Waals surface area contributed by atoms with Gasteiger partial charge in [-0.25, -0.2) is 0 Å². The topological polar surface area (TPSA) is 15.3 Å². The number of rotatable bonds is 3. The minimum Gasteiger partial charge on any atom is -0.317 e. The van der Waals surface area contributed by atoms with Gasteiger partial charge in [0.05, 0.1) is 0 Å². The highest BCUT2D eigenvalue weighted by atomic mass is 15.1. The van der Waals surface area contributed by atoms with Gasteiger partial charge in [0.2, 0.25) is 0 Å². The molecule has 0 bridgehead atoms. The van der Waals surface area contributed by atoms with Crippen LogP contribution in [0.4, 0.5) is 0 Å². The fourth-order valence-electron chi connectivity index (χ4n) is 3.72. The highest BCUT2D eigenvalue weighted by Crippen LogP contribution is 2.32. The SMILES string of the molecule is CC1CCC(C)C(N(C)CC2CCNCC2)C1. The van der Waals surface area contributed by atoms with Crippen LogP contribution in [0, 0.1) is 17.8 Å². The standard InChI is InChI=1S/C15H30N2/c1-12-4-5-13(2)15(10-12)17(3)11-14-6-8-16-9-7-14/h12-16H,4-11H2,1-3H3. The number of hydrogen-bond donors (Lipinski definition) is 1. The second-order valence-electron chi connectivity index (χ2n) is 6.60. The van der Waals surface area contributed by atoms with Gasteiger partial charge in [-0.3, -0.25) is 0 Å². The molecule has 0 spiro atoms. The van der Waals surface area contributed by atoms with Gasteiger partial charge in [0.1, 0.15) is 0 Å². The molecule has 3 unspecified atom stereocenters. The van der Waals surface area contributed by atoms with Crippen molar-refractivity contribution in [3.63, 3.8) is 0 Å². The van der Waals surface area contributed by atoms with Crippen LogP contribution in [0.3, 0.4) is 0 Å². The van der Waals surface area contributed by atoms with Crippen LogP contribution in [0.15, 0.2) is 0 Å². The van der Waals surface area contributed by atoms with Crippen LogP contribution < -0.4 is 5.32 Å². The second-order valence-corrected chi connectivity index (χ2v) is 6.60. The molecule has 2 fully saturated rings. The summed E-state index contributed by atoms with van der Waals surface area (Å²) in [5, 5.41) is 3.46. The molecule has 100 valence electrons. The minimum absolute atomic E-state index is 0.841. The normalized spacial score (nSPS) is 36.4. The largest absolute Gasteiger partial charge is 0.317 e. The zero-order valence-electron chi connectivity index (χ0n) is 11.9. The molecule has 2 heteroatoms. The number of hydrogen-bond acceptors (Lipinski definition) is 2. The second kappa shape index (κ2) is 6.19. The van der Waals surface area contributed by atoms with Crippen LogP contribution in [-0.2, 0) is 0 Å². The molecule has 0 aromatic heterocycles. The van der Waals surface area contributed by atoms with Crippen LogP contribution in [-0.4, -0.2) is 37.6 Å². The predicted octanol–water partition coefficient (Wildman–Crippen LogP) is 2.74. The molecule has 0 aromatic rings. The molecule has 1 saturated carbocycles. The van der Waals surface area contributed by atoms with E-state index in [1.54, 1.807) is 0 Å². The third-order valence-corrected chi connectivity index (χ3v) is 4.99. The van der Waals surface area contributed by atoms with E-state index in [2.05, 4.69) is 31.1 Å². The zero-order valence-corrected chi connectivity index (χ0v) is 11.9. The summed E-state index contributed by atoms with van der Waals surface area (Å²) in [5.74, 6) is 2.77. The van der Waals surface area contributed by atoms with E-state index in [-0.39, 0.29) is 0 Å². The molecule has 0 amide bonds. The maximum absolute atomic E-state index is 3.46. The molecule has 1 heterocycles. The van der Waals surface area contributed by atoms with Crippen LogP contribution in [0.2, 0.25) is 0 Å². The van der Waals surface area contributed by atoms with E-state index in [0.29, 0.717) is 0 Å². The van der Waals surface area contributed by atoms with Crippen molar-refractivity contribution in [1.29, 1.82) is 0 Å². The van der Waals surface area contributed by atoms with E-state index in [0.717, 1.165) is 23.8 Å². The minimum atomic E-state index is 0.841. The van der Waals surface area contributed by atoms with Gasteiger partial charge < -0.3 is 10.2 Å². The smallest absolute Gasteiger partial charge is 0.0120 e. The third kappa shape index (κ3) is 3.69. The van der Waals surface area contributed by atoms with E-state index in [4.69, 9.17) is 0 Å². The first-order chi connectivity index (χ1) is 8.16. The maximum Gasteiger partial charge on any atom is 0.0120 e. The molecule has 0 radical (unpaired) electrons. The molecule has 0 aromatic carbocycles. The Morgan fingerprint density at radius 1 is 1.06 bits per heavy atom. The van der Waals surface area contributed by atoms with E-state index >= 15 is 0 Å². The molecule has 2 nitrogen and oxygen atoms in total. The van der Waals surface area contributed by atoms with Gasteiger partial charge in [-0.2, -0.15) is 0 Å². The molecular formula is C15H30N2.